The van der Waals surface area contributed by atoms with E-state index < -0.39 is 18.0 Å². The third kappa shape index (κ3) is 3.12. The molecule has 128 valence electrons. The topological polar surface area (TPSA) is 97.0 Å². The lowest BCUT2D eigenvalue weighted by Gasteiger charge is -2.14. The van der Waals surface area contributed by atoms with Gasteiger partial charge in [0.2, 0.25) is 12.7 Å². The number of nitrogens with zero attached hydrogens (tertiary/aromatic N) is 1. The largest absolute Gasteiger partial charge is 0.454 e. The number of hydrogen-bond acceptors (Lipinski definition) is 5. The third-order valence-electron chi connectivity index (χ3n) is 3.95. The average Bonchev–Trinajstić information content (AvgIpc) is 3.12. The first-order valence-electron chi connectivity index (χ1n) is 7.73. The highest BCUT2D eigenvalue weighted by atomic mass is 16.7. The summed E-state index contributed by atoms with van der Waals surface area (Å²) in [5, 5.41) is 5.28. The first-order chi connectivity index (χ1) is 11.5. The summed E-state index contributed by atoms with van der Waals surface area (Å²) in [7, 11) is 0. The molecule has 0 spiro atoms. The third-order valence-corrected chi connectivity index (χ3v) is 3.95. The minimum atomic E-state index is -0.570. The van der Waals surface area contributed by atoms with E-state index in [0.29, 0.717) is 11.5 Å². The second-order valence-corrected chi connectivity index (χ2v) is 6.06. The zero-order chi connectivity index (χ0) is 17.3. The van der Waals surface area contributed by atoms with Gasteiger partial charge in [0, 0.05) is 6.54 Å². The summed E-state index contributed by atoms with van der Waals surface area (Å²) < 4.78 is 10.5. The zero-order valence-electron chi connectivity index (χ0n) is 13.5. The molecule has 8 heteroatoms. The van der Waals surface area contributed by atoms with Gasteiger partial charge >= 0.3 is 6.03 Å². The van der Waals surface area contributed by atoms with Crippen molar-refractivity contribution in [2.45, 2.75) is 26.4 Å². The molecule has 4 amide bonds. The van der Waals surface area contributed by atoms with Crippen LogP contribution in [-0.4, -0.2) is 42.1 Å². The van der Waals surface area contributed by atoms with E-state index in [1.807, 2.05) is 19.9 Å². The smallest absolute Gasteiger partial charge is 0.325 e. The highest BCUT2D eigenvalue weighted by molar-refractivity contribution is 6.06. The highest BCUT2D eigenvalue weighted by Crippen LogP contribution is 2.32. The Kier molecular flexibility index (Phi) is 4.28. The van der Waals surface area contributed by atoms with Crippen molar-refractivity contribution in [2.24, 2.45) is 5.92 Å². The molecule has 0 aromatic heterocycles. The molecule has 2 heterocycles. The van der Waals surface area contributed by atoms with E-state index in [-0.39, 0.29) is 31.7 Å². The molecule has 0 saturated carbocycles. The number of hydrogen-bond donors (Lipinski definition) is 2. The molecular weight excluding hydrogens is 314 g/mol. The monoisotopic (exact) mass is 333 g/mol. The molecule has 2 N–H and O–H groups in total. The number of carbonyl (C=O) groups excluding carboxylic acids is 3. The lowest BCUT2D eigenvalue weighted by atomic mass is 10.1. The Morgan fingerprint density at radius 3 is 2.79 bits per heavy atom. The predicted octanol–water partition coefficient (Wildman–Crippen LogP) is 0.608. The molecule has 1 atom stereocenters. The number of amides is 4. The van der Waals surface area contributed by atoms with Crippen LogP contribution in [0.5, 0.6) is 11.5 Å². The van der Waals surface area contributed by atoms with E-state index in [9.17, 15) is 14.4 Å². The SMILES string of the molecule is CC(C)C1NC(=O)N(CC(=O)NCc2ccc3c(c2)OCO3)C1=O. The maximum absolute atomic E-state index is 12.1. The molecule has 2 aliphatic rings. The minimum absolute atomic E-state index is 0.0249. The van der Waals surface area contributed by atoms with Gasteiger partial charge in [0.25, 0.3) is 5.91 Å². The van der Waals surface area contributed by atoms with Gasteiger partial charge in [-0.15, -0.1) is 0 Å². The van der Waals surface area contributed by atoms with E-state index in [1.54, 1.807) is 12.1 Å². The molecule has 0 aliphatic carbocycles. The van der Waals surface area contributed by atoms with Gasteiger partial charge in [-0.25, -0.2) is 4.79 Å². The van der Waals surface area contributed by atoms with Crippen LogP contribution in [0.25, 0.3) is 0 Å². The number of fused-ring (bicyclic) bond motifs is 1. The molecule has 1 unspecified atom stereocenters. The van der Waals surface area contributed by atoms with Crippen LogP contribution in [0.15, 0.2) is 18.2 Å². The van der Waals surface area contributed by atoms with Crippen LogP contribution in [0.2, 0.25) is 0 Å². The number of rotatable bonds is 5. The predicted molar refractivity (Wildman–Crippen MR) is 83.3 cm³/mol. The van der Waals surface area contributed by atoms with E-state index in [0.717, 1.165) is 10.5 Å². The summed E-state index contributed by atoms with van der Waals surface area (Å²) in [5.74, 6) is 0.511. The summed E-state index contributed by atoms with van der Waals surface area (Å²) in [6, 6.07) is 4.27. The van der Waals surface area contributed by atoms with Gasteiger partial charge in [0.1, 0.15) is 12.6 Å². The number of benzene rings is 1. The molecule has 0 radical (unpaired) electrons. The summed E-state index contributed by atoms with van der Waals surface area (Å²) >= 11 is 0. The van der Waals surface area contributed by atoms with Crippen molar-refractivity contribution in [3.63, 3.8) is 0 Å². The normalized spacial score (nSPS) is 19.0. The van der Waals surface area contributed by atoms with Gasteiger partial charge in [-0.1, -0.05) is 19.9 Å². The van der Waals surface area contributed by atoms with E-state index in [4.69, 9.17) is 9.47 Å². The Morgan fingerprint density at radius 1 is 1.33 bits per heavy atom. The summed E-state index contributed by atoms with van der Waals surface area (Å²) in [6.07, 6.45) is 0. The fourth-order valence-electron chi connectivity index (χ4n) is 2.59. The zero-order valence-corrected chi connectivity index (χ0v) is 13.5. The molecule has 1 aromatic carbocycles. The average molecular weight is 333 g/mol. The van der Waals surface area contributed by atoms with E-state index in [2.05, 4.69) is 10.6 Å². The fourth-order valence-corrected chi connectivity index (χ4v) is 2.59. The van der Waals surface area contributed by atoms with Gasteiger partial charge in [-0.2, -0.15) is 0 Å². The van der Waals surface area contributed by atoms with Crippen LogP contribution in [0.3, 0.4) is 0 Å². The maximum Gasteiger partial charge on any atom is 0.325 e. The second kappa shape index (κ2) is 6.38. The van der Waals surface area contributed by atoms with Crippen molar-refractivity contribution < 1.29 is 23.9 Å². The van der Waals surface area contributed by atoms with Gasteiger partial charge in [-0.3, -0.25) is 14.5 Å². The van der Waals surface area contributed by atoms with Crippen molar-refractivity contribution in [1.29, 1.82) is 0 Å². The van der Waals surface area contributed by atoms with Gasteiger partial charge in [-0.05, 0) is 23.6 Å². The number of carbonyl (C=O) groups is 3. The van der Waals surface area contributed by atoms with Crippen LogP contribution in [0, 0.1) is 5.92 Å². The van der Waals surface area contributed by atoms with Crippen molar-refractivity contribution in [3.8, 4) is 11.5 Å². The van der Waals surface area contributed by atoms with Crippen LogP contribution >= 0.6 is 0 Å². The fraction of sp³-hybridized carbons (Fsp3) is 0.438. The molecule has 0 bridgehead atoms. The molecular formula is C16H19N3O5. The Morgan fingerprint density at radius 2 is 2.08 bits per heavy atom. The second-order valence-electron chi connectivity index (χ2n) is 6.06. The summed E-state index contributed by atoms with van der Waals surface area (Å²) in [4.78, 5) is 36.9. The first-order valence-corrected chi connectivity index (χ1v) is 7.73. The standard InChI is InChI=1S/C16H19N3O5/c1-9(2)14-15(21)19(16(22)18-14)7-13(20)17-6-10-3-4-11-12(5-10)24-8-23-11/h3-5,9,14H,6-8H2,1-2H3,(H,17,20)(H,18,22). The highest BCUT2D eigenvalue weighted by Gasteiger charge is 2.40. The molecule has 24 heavy (non-hydrogen) atoms. The van der Waals surface area contributed by atoms with Crippen molar-refractivity contribution >= 4 is 17.8 Å². The molecule has 8 nitrogen and oxygen atoms in total. The van der Waals surface area contributed by atoms with Crippen LogP contribution in [0.4, 0.5) is 4.79 Å². The lowest BCUT2D eigenvalue weighted by molar-refractivity contribution is -0.132. The van der Waals surface area contributed by atoms with Crippen LogP contribution in [-0.2, 0) is 16.1 Å². The van der Waals surface area contributed by atoms with Crippen molar-refractivity contribution in [3.05, 3.63) is 23.8 Å². The number of urea groups is 1. The Hall–Kier alpha value is -2.77. The molecule has 2 aliphatic heterocycles. The number of imide groups is 1. The Labute approximate surface area is 139 Å². The summed E-state index contributed by atoms with van der Waals surface area (Å²) in [5.41, 5.74) is 0.838. The van der Waals surface area contributed by atoms with Crippen LogP contribution in [0.1, 0.15) is 19.4 Å². The minimum Gasteiger partial charge on any atom is -0.454 e. The van der Waals surface area contributed by atoms with Gasteiger partial charge < -0.3 is 20.1 Å². The van der Waals surface area contributed by atoms with Crippen LogP contribution < -0.4 is 20.1 Å². The number of ether oxygens (including phenoxy) is 2. The van der Waals surface area contributed by atoms with Crippen molar-refractivity contribution in [2.75, 3.05) is 13.3 Å². The molecule has 1 aromatic rings. The summed E-state index contributed by atoms with van der Waals surface area (Å²) in [6.45, 7) is 3.84. The lowest BCUT2D eigenvalue weighted by Crippen LogP contribution is -2.41. The molecule has 1 fully saturated rings. The Balaban J connectivity index is 1.54. The maximum atomic E-state index is 12.1. The van der Waals surface area contributed by atoms with Crippen molar-refractivity contribution in [1.82, 2.24) is 15.5 Å². The molecule has 3 rings (SSSR count). The molecule has 1 saturated heterocycles. The Bertz CT molecular complexity index is 688. The van der Waals surface area contributed by atoms with E-state index >= 15 is 0 Å². The van der Waals surface area contributed by atoms with Gasteiger partial charge in [0.15, 0.2) is 11.5 Å². The first kappa shape index (κ1) is 16.1. The van der Waals surface area contributed by atoms with E-state index in [1.165, 1.54) is 0 Å². The van der Waals surface area contributed by atoms with Gasteiger partial charge in [0.05, 0.1) is 0 Å². The quantitative estimate of drug-likeness (QED) is 0.770. The number of nitrogens with one attached hydrogen (secondary N) is 2.